The molecule has 3 aromatic rings. The highest BCUT2D eigenvalue weighted by atomic mass is 35.5. The van der Waals surface area contributed by atoms with E-state index in [1.165, 1.54) is 11.3 Å². The van der Waals surface area contributed by atoms with E-state index in [-0.39, 0.29) is 11.8 Å². The molecular formula is C17H10ClN3O2S. The Bertz CT molecular complexity index is 1090. The maximum atomic E-state index is 12.2. The third-order valence-electron chi connectivity index (χ3n) is 3.56. The summed E-state index contributed by atoms with van der Waals surface area (Å²) in [5.74, 6) is -0.579. The lowest BCUT2D eigenvalue weighted by atomic mass is 10.1. The van der Waals surface area contributed by atoms with Gasteiger partial charge >= 0.3 is 0 Å². The van der Waals surface area contributed by atoms with Crippen molar-refractivity contribution in [2.75, 3.05) is 5.32 Å². The summed E-state index contributed by atoms with van der Waals surface area (Å²) in [7, 11) is 0. The van der Waals surface area contributed by atoms with Crippen molar-refractivity contribution in [3.63, 3.8) is 0 Å². The summed E-state index contributed by atoms with van der Waals surface area (Å²) in [5.41, 5.74) is 1.04. The van der Waals surface area contributed by atoms with Crippen LogP contribution in [0.25, 0.3) is 5.57 Å². The van der Waals surface area contributed by atoms with Crippen molar-refractivity contribution >= 4 is 45.2 Å². The predicted octanol–water partition coefficient (Wildman–Crippen LogP) is 2.60. The molecule has 1 aromatic heterocycles. The van der Waals surface area contributed by atoms with Crippen LogP contribution in [-0.2, 0) is 4.79 Å². The topological polar surface area (TPSA) is 74.6 Å². The smallest absolute Gasteiger partial charge is 0.279 e. The molecule has 4 rings (SSSR count). The molecule has 24 heavy (non-hydrogen) atoms. The third-order valence-corrected chi connectivity index (χ3v) is 4.87. The highest BCUT2D eigenvalue weighted by molar-refractivity contribution is 7.17. The van der Waals surface area contributed by atoms with Crippen molar-refractivity contribution in [1.82, 2.24) is 4.98 Å². The van der Waals surface area contributed by atoms with Crippen LogP contribution < -0.4 is 15.9 Å². The van der Waals surface area contributed by atoms with Crippen LogP contribution in [-0.4, -0.2) is 16.0 Å². The molecule has 2 aromatic carbocycles. The Balaban J connectivity index is 1.80. The second kappa shape index (κ2) is 5.74. The minimum atomic E-state index is -0.376. The van der Waals surface area contributed by atoms with Crippen molar-refractivity contribution in [1.29, 1.82) is 0 Å². The molecule has 0 unspecified atom stereocenters. The Morgan fingerprint density at radius 3 is 2.67 bits per heavy atom. The van der Waals surface area contributed by atoms with Gasteiger partial charge in [0.25, 0.3) is 5.91 Å². The third kappa shape index (κ3) is 2.46. The molecule has 0 radical (unpaired) electrons. The quantitative estimate of drug-likeness (QED) is 0.757. The number of aromatic hydroxyl groups is 1. The van der Waals surface area contributed by atoms with Crippen LogP contribution in [0.2, 0.25) is 5.02 Å². The van der Waals surface area contributed by atoms with E-state index in [0.717, 1.165) is 0 Å². The number of carbonyl (C=O) groups is 1. The molecule has 1 aliphatic rings. The van der Waals surface area contributed by atoms with Gasteiger partial charge in [-0.15, -0.1) is 0 Å². The first-order chi connectivity index (χ1) is 11.6. The Morgan fingerprint density at radius 2 is 1.83 bits per heavy atom. The lowest BCUT2D eigenvalue weighted by Gasteiger charge is -2.03. The van der Waals surface area contributed by atoms with Gasteiger partial charge in [0.1, 0.15) is 4.88 Å². The lowest BCUT2D eigenvalue weighted by Crippen LogP contribution is -2.22. The average molecular weight is 356 g/mol. The van der Waals surface area contributed by atoms with Crippen molar-refractivity contribution < 1.29 is 9.90 Å². The van der Waals surface area contributed by atoms with Crippen molar-refractivity contribution in [2.24, 2.45) is 4.99 Å². The second-order valence-electron chi connectivity index (χ2n) is 5.09. The number of nitrogens with one attached hydrogen (secondary N) is 1. The van der Waals surface area contributed by atoms with E-state index in [0.29, 0.717) is 36.9 Å². The van der Waals surface area contributed by atoms with E-state index in [1.807, 2.05) is 24.3 Å². The number of hydrogen-bond acceptors (Lipinski definition) is 5. The fraction of sp³-hybridized carbons (Fsp3) is 0. The van der Waals surface area contributed by atoms with E-state index in [1.54, 1.807) is 24.3 Å². The van der Waals surface area contributed by atoms with Gasteiger partial charge in [0.15, 0.2) is 5.13 Å². The van der Waals surface area contributed by atoms with Crippen LogP contribution >= 0.6 is 22.9 Å². The first-order valence-electron chi connectivity index (χ1n) is 7.07. The molecule has 0 atom stereocenters. The lowest BCUT2D eigenvalue weighted by molar-refractivity contribution is -0.112. The van der Waals surface area contributed by atoms with E-state index < -0.39 is 0 Å². The number of aromatic nitrogens is 1. The number of nitrogens with zero attached hydrogens (tertiary/aromatic N) is 2. The summed E-state index contributed by atoms with van der Waals surface area (Å²) in [6.45, 7) is 0. The van der Waals surface area contributed by atoms with Crippen LogP contribution in [0.4, 0.5) is 10.8 Å². The van der Waals surface area contributed by atoms with Crippen molar-refractivity contribution in [2.45, 2.75) is 0 Å². The minimum absolute atomic E-state index is 0.204. The zero-order chi connectivity index (χ0) is 16.7. The predicted molar refractivity (Wildman–Crippen MR) is 93.3 cm³/mol. The van der Waals surface area contributed by atoms with Gasteiger partial charge in [0, 0.05) is 5.22 Å². The monoisotopic (exact) mass is 355 g/mol. The highest BCUT2D eigenvalue weighted by Gasteiger charge is 2.24. The van der Waals surface area contributed by atoms with E-state index in [9.17, 15) is 9.90 Å². The number of anilines is 2. The standard InChI is InChI=1S/C17H10ClN3O2S/c18-10-6-2-4-8-12(10)20-17-21-16(23)14(24-17)13-9-5-1-3-7-11(9)19-15(13)22/h1-8,23H,(H,20,21). The average Bonchev–Trinajstić information content (AvgIpc) is 3.08. The Labute approximate surface area is 145 Å². The van der Waals surface area contributed by atoms with E-state index in [2.05, 4.69) is 15.3 Å². The molecule has 7 heteroatoms. The molecule has 0 bridgehead atoms. The number of benzene rings is 2. The van der Waals surface area contributed by atoms with Gasteiger partial charge in [0.05, 0.1) is 21.6 Å². The molecule has 0 aliphatic carbocycles. The number of para-hydroxylation sites is 2. The number of thiazole rings is 1. The maximum Gasteiger partial charge on any atom is 0.279 e. The molecule has 0 spiro atoms. The summed E-state index contributed by atoms with van der Waals surface area (Å²) in [5, 5.41) is 15.5. The van der Waals surface area contributed by atoms with Gasteiger partial charge in [-0.3, -0.25) is 4.79 Å². The zero-order valence-corrected chi connectivity index (χ0v) is 13.7. The summed E-state index contributed by atoms with van der Waals surface area (Å²) < 4.78 is 0. The normalized spacial score (nSPS) is 12.9. The zero-order valence-electron chi connectivity index (χ0n) is 12.2. The van der Waals surface area contributed by atoms with Crippen LogP contribution in [0.15, 0.2) is 53.5 Å². The van der Waals surface area contributed by atoms with Gasteiger partial charge < -0.3 is 10.4 Å². The van der Waals surface area contributed by atoms with Crippen LogP contribution in [0.5, 0.6) is 5.88 Å². The second-order valence-corrected chi connectivity index (χ2v) is 6.49. The van der Waals surface area contributed by atoms with Crippen molar-refractivity contribution in [3.05, 3.63) is 69.0 Å². The Morgan fingerprint density at radius 1 is 1.08 bits per heavy atom. The molecule has 0 saturated heterocycles. The first kappa shape index (κ1) is 14.9. The van der Waals surface area contributed by atoms with Gasteiger partial charge in [-0.05, 0) is 18.2 Å². The maximum absolute atomic E-state index is 12.2. The van der Waals surface area contributed by atoms with Gasteiger partial charge in [0.2, 0.25) is 5.88 Å². The summed E-state index contributed by atoms with van der Waals surface area (Å²) in [4.78, 5) is 20.7. The van der Waals surface area contributed by atoms with Crippen LogP contribution in [0, 0.1) is 0 Å². The van der Waals surface area contributed by atoms with Crippen LogP contribution in [0.1, 0.15) is 4.88 Å². The summed E-state index contributed by atoms with van der Waals surface area (Å²) in [6, 6.07) is 14.4. The molecule has 0 saturated carbocycles. The Kier molecular flexibility index (Phi) is 3.55. The molecule has 1 amide bonds. The Hall–Kier alpha value is -2.70. The molecule has 5 nitrogen and oxygen atoms in total. The molecule has 118 valence electrons. The number of hydrogen-bond donors (Lipinski definition) is 2. The van der Waals surface area contributed by atoms with Gasteiger partial charge in [-0.25, -0.2) is 4.99 Å². The molecular weight excluding hydrogens is 346 g/mol. The number of fused-ring (bicyclic) bond motifs is 1. The highest BCUT2D eigenvalue weighted by Crippen LogP contribution is 2.36. The molecule has 2 heterocycles. The molecule has 1 aliphatic heterocycles. The minimum Gasteiger partial charge on any atom is -0.492 e. The summed E-state index contributed by atoms with van der Waals surface area (Å²) in [6.07, 6.45) is 0. The first-order valence-corrected chi connectivity index (χ1v) is 8.27. The number of carbonyl (C=O) groups excluding carboxylic acids is 1. The fourth-order valence-corrected chi connectivity index (χ4v) is 3.59. The van der Waals surface area contributed by atoms with E-state index in [4.69, 9.17) is 11.6 Å². The number of amides is 1. The fourth-order valence-electron chi connectivity index (χ4n) is 2.49. The van der Waals surface area contributed by atoms with Gasteiger partial charge in [-0.1, -0.05) is 53.3 Å². The largest absolute Gasteiger partial charge is 0.492 e. The SMILES string of the molecule is O=C1N=c2ccccc2=C1c1sc(Nc2ccccc2Cl)nc1O. The number of rotatable bonds is 3. The van der Waals surface area contributed by atoms with Gasteiger partial charge in [-0.2, -0.15) is 4.98 Å². The van der Waals surface area contributed by atoms with Crippen molar-refractivity contribution in [3.8, 4) is 5.88 Å². The molecule has 2 N–H and O–H groups in total. The summed E-state index contributed by atoms with van der Waals surface area (Å²) >= 11 is 7.29. The van der Waals surface area contributed by atoms with E-state index >= 15 is 0 Å². The van der Waals surface area contributed by atoms with Crippen LogP contribution in [0.3, 0.4) is 0 Å². The molecule has 0 fully saturated rings. The number of halogens is 1.